The van der Waals surface area contributed by atoms with E-state index in [2.05, 4.69) is 18.7 Å². The van der Waals surface area contributed by atoms with Gasteiger partial charge in [0.25, 0.3) is 0 Å². The molecule has 0 aromatic heterocycles. The number of rotatable bonds is 5. The lowest BCUT2D eigenvalue weighted by atomic mass is 9.85. The van der Waals surface area contributed by atoms with Gasteiger partial charge in [0.05, 0.1) is 5.60 Å². The highest BCUT2D eigenvalue weighted by atomic mass is 16.3. The Kier molecular flexibility index (Phi) is 4.10. The van der Waals surface area contributed by atoms with Gasteiger partial charge in [-0.05, 0) is 25.3 Å². The summed E-state index contributed by atoms with van der Waals surface area (Å²) in [4.78, 5) is 0. The summed E-state index contributed by atoms with van der Waals surface area (Å²) in [6.07, 6.45) is 3.49. The largest absolute Gasteiger partial charge is 0.390 e. The fourth-order valence-electron chi connectivity index (χ4n) is 1.52. The molecule has 0 saturated heterocycles. The number of aliphatic hydroxyl groups is 1. The van der Waals surface area contributed by atoms with Gasteiger partial charge < -0.3 is 5.11 Å². The van der Waals surface area contributed by atoms with E-state index in [1.807, 2.05) is 38.1 Å². The molecule has 1 rings (SSSR count). The zero-order chi connectivity index (χ0) is 11.3. The third-order valence-corrected chi connectivity index (χ3v) is 3.10. The standard InChI is InChI=1S/C14H20O/c1-4-12(2)14(3,15)11-10-13-8-6-5-7-9-13/h4-9,12,15H,1,10-11H2,2-3H3/t12-,14+/m0/s1. The molecule has 0 radical (unpaired) electrons. The molecule has 82 valence electrons. The molecular formula is C14H20O. The molecule has 0 aliphatic carbocycles. The highest BCUT2D eigenvalue weighted by Gasteiger charge is 2.25. The average molecular weight is 204 g/mol. The Balaban J connectivity index is 2.53. The van der Waals surface area contributed by atoms with E-state index in [1.54, 1.807) is 0 Å². The lowest BCUT2D eigenvalue weighted by Gasteiger charge is -2.28. The molecule has 0 spiro atoms. The fourth-order valence-corrected chi connectivity index (χ4v) is 1.52. The van der Waals surface area contributed by atoms with Crippen molar-refractivity contribution in [3.05, 3.63) is 48.6 Å². The highest BCUT2D eigenvalue weighted by Crippen LogP contribution is 2.23. The summed E-state index contributed by atoms with van der Waals surface area (Å²) in [6, 6.07) is 10.2. The molecule has 0 aliphatic heterocycles. The molecule has 0 saturated carbocycles. The van der Waals surface area contributed by atoms with Crippen LogP contribution < -0.4 is 0 Å². The van der Waals surface area contributed by atoms with Crippen LogP contribution >= 0.6 is 0 Å². The first-order chi connectivity index (χ1) is 7.06. The normalized spacial score (nSPS) is 16.7. The van der Waals surface area contributed by atoms with Crippen LogP contribution in [-0.2, 0) is 6.42 Å². The zero-order valence-electron chi connectivity index (χ0n) is 9.61. The lowest BCUT2D eigenvalue weighted by Crippen LogP contribution is -2.32. The first-order valence-electron chi connectivity index (χ1n) is 5.45. The lowest BCUT2D eigenvalue weighted by molar-refractivity contribution is 0.0165. The average Bonchev–Trinajstić information content (AvgIpc) is 2.27. The van der Waals surface area contributed by atoms with Gasteiger partial charge in [-0.1, -0.05) is 43.3 Å². The molecule has 0 bridgehead atoms. The van der Waals surface area contributed by atoms with Crippen molar-refractivity contribution in [2.24, 2.45) is 5.92 Å². The number of aryl methyl sites for hydroxylation is 1. The molecule has 0 amide bonds. The monoisotopic (exact) mass is 204 g/mol. The smallest absolute Gasteiger partial charge is 0.0682 e. The number of benzene rings is 1. The summed E-state index contributed by atoms with van der Waals surface area (Å²) in [6.45, 7) is 7.60. The maximum atomic E-state index is 10.2. The van der Waals surface area contributed by atoms with E-state index >= 15 is 0 Å². The van der Waals surface area contributed by atoms with Crippen molar-refractivity contribution < 1.29 is 5.11 Å². The summed E-state index contributed by atoms with van der Waals surface area (Å²) in [5, 5.41) is 10.2. The maximum Gasteiger partial charge on any atom is 0.0682 e. The number of hydrogen-bond donors (Lipinski definition) is 1. The zero-order valence-corrected chi connectivity index (χ0v) is 9.61. The Hall–Kier alpha value is -1.08. The van der Waals surface area contributed by atoms with Crippen LogP contribution in [0, 0.1) is 5.92 Å². The van der Waals surface area contributed by atoms with Crippen molar-refractivity contribution in [2.75, 3.05) is 0 Å². The minimum Gasteiger partial charge on any atom is -0.390 e. The SMILES string of the molecule is C=C[C@H](C)[C@](C)(O)CCc1ccccc1. The predicted octanol–water partition coefficient (Wildman–Crippen LogP) is 3.19. The van der Waals surface area contributed by atoms with Crippen LogP contribution in [0.15, 0.2) is 43.0 Å². The van der Waals surface area contributed by atoms with E-state index in [1.165, 1.54) is 5.56 Å². The van der Waals surface area contributed by atoms with E-state index in [9.17, 15) is 5.11 Å². The van der Waals surface area contributed by atoms with Gasteiger partial charge in [0.15, 0.2) is 0 Å². The molecule has 0 fully saturated rings. The van der Waals surface area contributed by atoms with Crippen LogP contribution in [0.4, 0.5) is 0 Å². The van der Waals surface area contributed by atoms with Gasteiger partial charge in [-0.2, -0.15) is 0 Å². The van der Waals surface area contributed by atoms with Gasteiger partial charge in [0.2, 0.25) is 0 Å². The topological polar surface area (TPSA) is 20.2 Å². The molecule has 1 N–H and O–H groups in total. The first kappa shape index (κ1) is 12.0. The summed E-state index contributed by atoms with van der Waals surface area (Å²) in [5.74, 6) is 0.126. The van der Waals surface area contributed by atoms with Crippen LogP contribution in [0.2, 0.25) is 0 Å². The van der Waals surface area contributed by atoms with Gasteiger partial charge in [-0.15, -0.1) is 6.58 Å². The van der Waals surface area contributed by atoms with Crippen molar-refractivity contribution in [3.63, 3.8) is 0 Å². The molecule has 0 unspecified atom stereocenters. The third kappa shape index (κ3) is 3.52. The fraction of sp³-hybridized carbons (Fsp3) is 0.429. The Morgan fingerprint density at radius 3 is 2.53 bits per heavy atom. The molecular weight excluding hydrogens is 184 g/mol. The Morgan fingerprint density at radius 1 is 1.40 bits per heavy atom. The van der Waals surface area contributed by atoms with Crippen molar-refractivity contribution in [1.82, 2.24) is 0 Å². The molecule has 15 heavy (non-hydrogen) atoms. The van der Waals surface area contributed by atoms with Crippen LogP contribution in [0.1, 0.15) is 25.8 Å². The van der Waals surface area contributed by atoms with E-state index in [0.717, 1.165) is 12.8 Å². The van der Waals surface area contributed by atoms with Gasteiger partial charge >= 0.3 is 0 Å². The van der Waals surface area contributed by atoms with Crippen molar-refractivity contribution in [3.8, 4) is 0 Å². The second-order valence-corrected chi connectivity index (χ2v) is 4.37. The van der Waals surface area contributed by atoms with E-state index < -0.39 is 5.60 Å². The Labute approximate surface area is 92.5 Å². The second kappa shape index (κ2) is 5.13. The third-order valence-electron chi connectivity index (χ3n) is 3.10. The molecule has 1 heteroatoms. The number of hydrogen-bond acceptors (Lipinski definition) is 1. The molecule has 2 atom stereocenters. The summed E-state index contributed by atoms with van der Waals surface area (Å²) in [7, 11) is 0. The predicted molar refractivity (Wildman–Crippen MR) is 64.7 cm³/mol. The second-order valence-electron chi connectivity index (χ2n) is 4.37. The molecule has 0 heterocycles. The van der Waals surface area contributed by atoms with E-state index in [-0.39, 0.29) is 5.92 Å². The van der Waals surface area contributed by atoms with Crippen LogP contribution in [0.5, 0.6) is 0 Å². The summed E-state index contributed by atoms with van der Waals surface area (Å²) >= 11 is 0. The highest BCUT2D eigenvalue weighted by molar-refractivity contribution is 5.15. The van der Waals surface area contributed by atoms with Crippen LogP contribution in [0.3, 0.4) is 0 Å². The Bertz CT molecular complexity index is 300. The van der Waals surface area contributed by atoms with Crippen LogP contribution in [0.25, 0.3) is 0 Å². The van der Waals surface area contributed by atoms with Crippen LogP contribution in [-0.4, -0.2) is 10.7 Å². The van der Waals surface area contributed by atoms with Gasteiger partial charge in [0, 0.05) is 5.92 Å². The van der Waals surface area contributed by atoms with Crippen molar-refractivity contribution in [2.45, 2.75) is 32.3 Å². The molecule has 1 aromatic rings. The molecule has 0 aliphatic rings. The minimum atomic E-state index is -0.655. The minimum absolute atomic E-state index is 0.126. The van der Waals surface area contributed by atoms with Gasteiger partial charge in [-0.3, -0.25) is 0 Å². The van der Waals surface area contributed by atoms with Crippen molar-refractivity contribution in [1.29, 1.82) is 0 Å². The summed E-state index contributed by atoms with van der Waals surface area (Å²) in [5.41, 5.74) is 0.617. The van der Waals surface area contributed by atoms with E-state index in [0.29, 0.717) is 0 Å². The van der Waals surface area contributed by atoms with Gasteiger partial charge in [0.1, 0.15) is 0 Å². The van der Waals surface area contributed by atoms with E-state index in [4.69, 9.17) is 0 Å². The van der Waals surface area contributed by atoms with Gasteiger partial charge in [-0.25, -0.2) is 0 Å². The maximum absolute atomic E-state index is 10.2. The van der Waals surface area contributed by atoms with Crippen molar-refractivity contribution >= 4 is 0 Å². The quantitative estimate of drug-likeness (QED) is 0.730. The first-order valence-corrected chi connectivity index (χ1v) is 5.45. The Morgan fingerprint density at radius 2 is 2.00 bits per heavy atom. The molecule has 1 aromatic carbocycles. The summed E-state index contributed by atoms with van der Waals surface area (Å²) < 4.78 is 0. The molecule has 1 nitrogen and oxygen atoms in total.